The van der Waals surface area contributed by atoms with Gasteiger partial charge in [-0.25, -0.2) is 4.98 Å². The molecule has 7 nitrogen and oxygen atoms in total. The van der Waals surface area contributed by atoms with Crippen LogP contribution in [0.3, 0.4) is 0 Å². The lowest BCUT2D eigenvalue weighted by atomic mass is 10.2. The molecule has 1 aliphatic rings. The number of aromatic nitrogens is 5. The molecule has 3 aromatic rings. The van der Waals surface area contributed by atoms with Gasteiger partial charge in [0.2, 0.25) is 5.91 Å². The van der Waals surface area contributed by atoms with Gasteiger partial charge < -0.3 is 14.5 Å². The van der Waals surface area contributed by atoms with E-state index in [0.29, 0.717) is 13.0 Å². The van der Waals surface area contributed by atoms with E-state index in [2.05, 4.69) is 34.2 Å². The van der Waals surface area contributed by atoms with Crippen molar-refractivity contribution in [2.24, 2.45) is 0 Å². The maximum atomic E-state index is 12.6. The SMILES string of the molecule is Cc1ccc2nc([C@@H]3CCCN3C(=O)CCn3cnnc3)[nH]c2c1. The number of H-pyrrole nitrogens is 1. The van der Waals surface area contributed by atoms with E-state index in [-0.39, 0.29) is 11.9 Å². The van der Waals surface area contributed by atoms with Crippen LogP contribution in [0.15, 0.2) is 30.9 Å². The molecule has 1 fully saturated rings. The van der Waals surface area contributed by atoms with Crippen LogP contribution >= 0.6 is 0 Å². The average molecular weight is 324 g/mol. The van der Waals surface area contributed by atoms with E-state index in [0.717, 1.165) is 36.2 Å². The summed E-state index contributed by atoms with van der Waals surface area (Å²) in [5.74, 6) is 1.05. The highest BCUT2D eigenvalue weighted by molar-refractivity contribution is 5.78. The molecule has 0 unspecified atom stereocenters. The second-order valence-electron chi connectivity index (χ2n) is 6.34. The number of hydrogen-bond donors (Lipinski definition) is 1. The number of aromatic amines is 1. The Bertz CT molecular complexity index is 853. The monoisotopic (exact) mass is 324 g/mol. The summed E-state index contributed by atoms with van der Waals surface area (Å²) in [4.78, 5) is 22.7. The molecule has 0 radical (unpaired) electrons. The molecule has 7 heteroatoms. The van der Waals surface area contributed by atoms with Gasteiger partial charge in [0, 0.05) is 19.5 Å². The lowest BCUT2D eigenvalue weighted by molar-refractivity contribution is -0.132. The number of likely N-dealkylation sites (tertiary alicyclic amines) is 1. The minimum atomic E-state index is 0.0473. The maximum Gasteiger partial charge on any atom is 0.224 e. The van der Waals surface area contributed by atoms with Gasteiger partial charge in [-0.1, -0.05) is 6.07 Å². The number of fused-ring (bicyclic) bond motifs is 1. The zero-order chi connectivity index (χ0) is 16.5. The zero-order valence-electron chi connectivity index (χ0n) is 13.6. The minimum Gasteiger partial charge on any atom is -0.340 e. The van der Waals surface area contributed by atoms with Crippen molar-refractivity contribution in [1.29, 1.82) is 0 Å². The number of carbonyl (C=O) groups is 1. The van der Waals surface area contributed by atoms with E-state index in [9.17, 15) is 4.79 Å². The van der Waals surface area contributed by atoms with Gasteiger partial charge in [0.15, 0.2) is 0 Å². The molecule has 2 aromatic heterocycles. The fourth-order valence-corrected chi connectivity index (χ4v) is 3.36. The van der Waals surface area contributed by atoms with Gasteiger partial charge in [-0.05, 0) is 37.5 Å². The van der Waals surface area contributed by atoms with Gasteiger partial charge in [0.05, 0.1) is 17.1 Å². The van der Waals surface area contributed by atoms with Crippen molar-refractivity contribution in [3.05, 3.63) is 42.2 Å². The molecule has 3 heterocycles. The average Bonchev–Trinajstić information content (AvgIpc) is 3.30. The number of carbonyl (C=O) groups excluding carboxylic acids is 1. The van der Waals surface area contributed by atoms with Crippen molar-refractivity contribution < 1.29 is 4.79 Å². The summed E-state index contributed by atoms with van der Waals surface area (Å²) in [6, 6.07) is 6.23. The third-order valence-corrected chi connectivity index (χ3v) is 4.59. The minimum absolute atomic E-state index is 0.0473. The van der Waals surface area contributed by atoms with Crippen LogP contribution in [0.2, 0.25) is 0 Å². The second kappa shape index (κ2) is 6.07. The van der Waals surface area contributed by atoms with Crippen molar-refractivity contribution in [1.82, 2.24) is 29.6 Å². The lowest BCUT2D eigenvalue weighted by Gasteiger charge is -2.23. The van der Waals surface area contributed by atoms with Crippen molar-refractivity contribution in [2.45, 2.75) is 38.8 Å². The van der Waals surface area contributed by atoms with Gasteiger partial charge in [-0.15, -0.1) is 10.2 Å². The summed E-state index contributed by atoms with van der Waals surface area (Å²) in [5.41, 5.74) is 3.19. The Morgan fingerprint density at radius 3 is 3.00 bits per heavy atom. The molecule has 0 saturated carbocycles. The van der Waals surface area contributed by atoms with E-state index in [4.69, 9.17) is 4.98 Å². The van der Waals surface area contributed by atoms with Crippen LogP contribution < -0.4 is 0 Å². The predicted molar refractivity (Wildman–Crippen MR) is 89.2 cm³/mol. The van der Waals surface area contributed by atoms with Gasteiger partial charge in [-0.3, -0.25) is 4.79 Å². The summed E-state index contributed by atoms with van der Waals surface area (Å²) in [6.45, 7) is 3.46. The van der Waals surface area contributed by atoms with Crippen LogP contribution in [-0.2, 0) is 11.3 Å². The smallest absolute Gasteiger partial charge is 0.224 e. The highest BCUT2D eigenvalue weighted by atomic mass is 16.2. The van der Waals surface area contributed by atoms with Crippen LogP contribution in [0, 0.1) is 6.92 Å². The molecule has 0 aliphatic carbocycles. The first kappa shape index (κ1) is 14.9. The van der Waals surface area contributed by atoms with Gasteiger partial charge >= 0.3 is 0 Å². The molecule has 24 heavy (non-hydrogen) atoms. The van der Waals surface area contributed by atoms with Gasteiger partial charge in [-0.2, -0.15) is 0 Å². The third kappa shape index (κ3) is 2.77. The number of imidazole rings is 1. The maximum absolute atomic E-state index is 12.6. The summed E-state index contributed by atoms with van der Waals surface area (Å²) >= 11 is 0. The molecule has 1 aliphatic heterocycles. The molecule has 1 aromatic carbocycles. The van der Waals surface area contributed by atoms with E-state index in [1.165, 1.54) is 5.56 Å². The first-order valence-electron chi connectivity index (χ1n) is 8.29. The molecule has 1 N–H and O–H groups in total. The van der Waals surface area contributed by atoms with Crippen LogP contribution in [0.1, 0.15) is 36.7 Å². The molecule has 1 saturated heterocycles. The summed E-state index contributed by atoms with van der Waals surface area (Å²) in [5, 5.41) is 7.53. The topological polar surface area (TPSA) is 79.7 Å². The highest BCUT2D eigenvalue weighted by Gasteiger charge is 2.31. The van der Waals surface area contributed by atoms with E-state index < -0.39 is 0 Å². The van der Waals surface area contributed by atoms with E-state index >= 15 is 0 Å². The number of benzene rings is 1. The summed E-state index contributed by atoms with van der Waals surface area (Å²) in [6.07, 6.45) is 5.69. The van der Waals surface area contributed by atoms with Crippen molar-refractivity contribution in [2.75, 3.05) is 6.54 Å². The molecule has 1 amide bonds. The quantitative estimate of drug-likeness (QED) is 0.798. The Kier molecular flexibility index (Phi) is 3.76. The van der Waals surface area contributed by atoms with E-state index in [1.54, 1.807) is 12.7 Å². The third-order valence-electron chi connectivity index (χ3n) is 4.59. The van der Waals surface area contributed by atoms with Gasteiger partial charge in [0.1, 0.15) is 18.5 Å². The molecule has 0 spiro atoms. The Balaban J connectivity index is 1.51. The van der Waals surface area contributed by atoms with Crippen molar-refractivity contribution in [3.8, 4) is 0 Å². The first-order chi connectivity index (χ1) is 11.7. The second-order valence-corrected chi connectivity index (χ2v) is 6.34. The molecule has 1 atom stereocenters. The van der Waals surface area contributed by atoms with Crippen molar-refractivity contribution in [3.63, 3.8) is 0 Å². The fourth-order valence-electron chi connectivity index (χ4n) is 3.36. The number of rotatable bonds is 4. The normalized spacial score (nSPS) is 17.7. The number of aryl methyl sites for hydroxylation is 2. The van der Waals surface area contributed by atoms with Gasteiger partial charge in [0.25, 0.3) is 0 Å². The predicted octanol–water partition coefficient (Wildman–Crippen LogP) is 2.22. The van der Waals surface area contributed by atoms with Crippen LogP contribution in [0.5, 0.6) is 0 Å². The molecule has 0 bridgehead atoms. The van der Waals surface area contributed by atoms with Crippen LogP contribution in [0.4, 0.5) is 0 Å². The van der Waals surface area contributed by atoms with E-state index in [1.807, 2.05) is 15.5 Å². The number of nitrogens with zero attached hydrogens (tertiary/aromatic N) is 5. The largest absolute Gasteiger partial charge is 0.340 e. The standard InChI is InChI=1S/C17H20N6O/c1-12-4-5-13-14(9-12)21-17(20-13)15-3-2-7-23(15)16(24)6-8-22-10-18-19-11-22/h4-5,9-11,15H,2-3,6-8H2,1H3,(H,20,21)/t15-/m0/s1. The molecular weight excluding hydrogens is 304 g/mol. The lowest BCUT2D eigenvalue weighted by Crippen LogP contribution is -2.31. The number of nitrogens with one attached hydrogen (secondary N) is 1. The Morgan fingerprint density at radius 2 is 2.17 bits per heavy atom. The molecular formula is C17H20N6O. The Labute approximate surface area is 139 Å². The first-order valence-corrected chi connectivity index (χ1v) is 8.29. The molecule has 4 rings (SSSR count). The summed E-state index contributed by atoms with van der Waals surface area (Å²) < 4.78 is 1.83. The Hall–Kier alpha value is -2.70. The number of hydrogen-bond acceptors (Lipinski definition) is 4. The summed E-state index contributed by atoms with van der Waals surface area (Å²) in [7, 11) is 0. The van der Waals surface area contributed by atoms with Crippen LogP contribution in [0.25, 0.3) is 11.0 Å². The highest BCUT2D eigenvalue weighted by Crippen LogP contribution is 2.32. The van der Waals surface area contributed by atoms with Crippen molar-refractivity contribution >= 4 is 16.9 Å². The fraction of sp³-hybridized carbons (Fsp3) is 0.412. The van der Waals surface area contributed by atoms with Crippen LogP contribution in [-0.4, -0.2) is 42.1 Å². The molecule has 124 valence electrons. The number of amides is 1. The zero-order valence-corrected chi connectivity index (χ0v) is 13.6. The Morgan fingerprint density at radius 1 is 1.33 bits per heavy atom.